The second-order valence-corrected chi connectivity index (χ2v) is 4.00. The molecular weight excluding hydrogens is 182 g/mol. The van der Waals surface area contributed by atoms with E-state index in [4.69, 9.17) is 10.5 Å². The fourth-order valence-corrected chi connectivity index (χ4v) is 1.88. The van der Waals surface area contributed by atoms with Crippen LogP contribution in [0.5, 0.6) is 0 Å². The summed E-state index contributed by atoms with van der Waals surface area (Å²) in [5, 5.41) is 11.5. The largest absolute Gasteiger partial charge is 0.373 e. The maximum absolute atomic E-state index is 5.62. The van der Waals surface area contributed by atoms with Gasteiger partial charge in [0.1, 0.15) is 0 Å². The van der Waals surface area contributed by atoms with Crippen molar-refractivity contribution >= 4 is 0 Å². The molecular formula is C8H15N5O. The summed E-state index contributed by atoms with van der Waals surface area (Å²) >= 11 is 0. The van der Waals surface area contributed by atoms with E-state index < -0.39 is 0 Å². The number of nitrogens with zero attached hydrogens (tertiary/aromatic N) is 4. The molecule has 0 aromatic carbocycles. The normalized spacial score (nSPS) is 25.5. The zero-order valence-electron chi connectivity index (χ0n) is 8.47. The Morgan fingerprint density at radius 2 is 2.43 bits per heavy atom. The van der Waals surface area contributed by atoms with Gasteiger partial charge >= 0.3 is 0 Å². The molecule has 1 unspecified atom stereocenters. The summed E-state index contributed by atoms with van der Waals surface area (Å²) in [6.45, 7) is 5.21. The van der Waals surface area contributed by atoms with Crippen molar-refractivity contribution in [1.29, 1.82) is 0 Å². The Hall–Kier alpha value is -1.01. The van der Waals surface area contributed by atoms with Crippen LogP contribution in [0, 0.1) is 0 Å². The predicted molar refractivity (Wildman–Crippen MR) is 49.4 cm³/mol. The molecule has 2 rings (SSSR count). The molecule has 14 heavy (non-hydrogen) atoms. The Balaban J connectivity index is 2.30. The van der Waals surface area contributed by atoms with Crippen LogP contribution >= 0.6 is 0 Å². The van der Waals surface area contributed by atoms with Crippen molar-refractivity contribution in [2.24, 2.45) is 5.73 Å². The summed E-state index contributed by atoms with van der Waals surface area (Å²) in [6.07, 6.45) is 0.936. The molecule has 1 aliphatic rings. The first-order valence-corrected chi connectivity index (χ1v) is 4.76. The fraction of sp³-hybridized carbons (Fsp3) is 0.875. The highest BCUT2D eigenvalue weighted by Gasteiger charge is 2.38. The number of rotatable bonds is 2. The van der Waals surface area contributed by atoms with Crippen LogP contribution in [0.25, 0.3) is 0 Å². The summed E-state index contributed by atoms with van der Waals surface area (Å²) in [5.41, 5.74) is 5.34. The molecule has 6 nitrogen and oxygen atoms in total. The third-order valence-corrected chi connectivity index (χ3v) is 2.71. The van der Waals surface area contributed by atoms with Crippen molar-refractivity contribution in [2.75, 3.05) is 6.61 Å². The minimum absolute atomic E-state index is 0.191. The van der Waals surface area contributed by atoms with Gasteiger partial charge in [0, 0.05) is 6.61 Å². The van der Waals surface area contributed by atoms with Gasteiger partial charge in [-0.25, -0.2) is 4.68 Å². The van der Waals surface area contributed by atoms with E-state index >= 15 is 0 Å². The lowest BCUT2D eigenvalue weighted by molar-refractivity contribution is 0.0108. The van der Waals surface area contributed by atoms with Gasteiger partial charge < -0.3 is 10.5 Å². The van der Waals surface area contributed by atoms with Crippen LogP contribution in [0.15, 0.2) is 0 Å². The maximum Gasteiger partial charge on any atom is 0.165 e. The van der Waals surface area contributed by atoms with Gasteiger partial charge in [-0.2, -0.15) is 0 Å². The second-order valence-electron chi connectivity index (χ2n) is 4.00. The number of aromatic nitrogens is 4. The molecule has 78 valence electrons. The van der Waals surface area contributed by atoms with Crippen molar-refractivity contribution in [1.82, 2.24) is 20.2 Å². The van der Waals surface area contributed by atoms with Gasteiger partial charge in [-0.15, -0.1) is 5.10 Å². The van der Waals surface area contributed by atoms with Gasteiger partial charge in [0.15, 0.2) is 5.82 Å². The molecule has 1 fully saturated rings. The van der Waals surface area contributed by atoms with E-state index in [2.05, 4.69) is 15.5 Å². The molecule has 0 spiro atoms. The van der Waals surface area contributed by atoms with Gasteiger partial charge in [-0.1, -0.05) is 0 Å². The van der Waals surface area contributed by atoms with Crippen LogP contribution in [0.2, 0.25) is 0 Å². The Morgan fingerprint density at radius 1 is 1.64 bits per heavy atom. The van der Waals surface area contributed by atoms with Gasteiger partial charge in [0.25, 0.3) is 0 Å². The Bertz CT molecular complexity index is 321. The molecule has 2 N–H and O–H groups in total. The molecule has 1 atom stereocenters. The molecule has 6 heteroatoms. The Morgan fingerprint density at radius 3 is 3.00 bits per heavy atom. The van der Waals surface area contributed by atoms with Crippen LogP contribution in [0.4, 0.5) is 0 Å². The second kappa shape index (κ2) is 3.29. The lowest BCUT2D eigenvalue weighted by Crippen LogP contribution is -2.32. The number of hydrogen-bond donors (Lipinski definition) is 1. The van der Waals surface area contributed by atoms with Crippen molar-refractivity contribution in [3.05, 3.63) is 5.82 Å². The highest BCUT2D eigenvalue weighted by molar-refractivity contribution is 4.93. The third-order valence-electron chi connectivity index (χ3n) is 2.71. The highest BCUT2D eigenvalue weighted by atomic mass is 16.5. The predicted octanol–water partition coefficient (Wildman–Crippen LogP) is -0.128. The van der Waals surface area contributed by atoms with Crippen LogP contribution in [0.3, 0.4) is 0 Å². The first-order valence-electron chi connectivity index (χ1n) is 4.76. The molecule has 0 saturated carbocycles. The van der Waals surface area contributed by atoms with Crippen molar-refractivity contribution in [3.63, 3.8) is 0 Å². The minimum Gasteiger partial charge on any atom is -0.373 e. The third kappa shape index (κ3) is 1.40. The summed E-state index contributed by atoms with van der Waals surface area (Å²) in [7, 11) is 0. The summed E-state index contributed by atoms with van der Waals surface area (Å²) in [6, 6.07) is 0.191. The van der Waals surface area contributed by atoms with Gasteiger partial charge in [-0.3, -0.25) is 0 Å². The quantitative estimate of drug-likeness (QED) is 0.714. The summed E-state index contributed by atoms with van der Waals surface area (Å²) in [4.78, 5) is 0. The molecule has 1 aliphatic heterocycles. The monoisotopic (exact) mass is 197 g/mol. The summed E-state index contributed by atoms with van der Waals surface area (Å²) in [5.74, 6) is 0.716. The number of nitrogens with two attached hydrogens (primary N) is 1. The molecule has 0 radical (unpaired) electrons. The Labute approximate surface area is 82.4 Å². The standard InChI is InChI=1S/C8H15N5O/c1-8(2)6(3-4-14-8)13-7(5-9)10-11-12-13/h6H,3-5,9H2,1-2H3. The van der Waals surface area contributed by atoms with E-state index in [1.54, 1.807) is 4.68 Å². The van der Waals surface area contributed by atoms with E-state index in [1.165, 1.54) is 0 Å². The zero-order valence-corrected chi connectivity index (χ0v) is 8.47. The average molecular weight is 197 g/mol. The minimum atomic E-state index is -0.209. The fourth-order valence-electron chi connectivity index (χ4n) is 1.88. The van der Waals surface area contributed by atoms with Crippen LogP contribution < -0.4 is 5.73 Å². The molecule has 2 heterocycles. The van der Waals surface area contributed by atoms with E-state index in [1.807, 2.05) is 13.8 Å². The highest BCUT2D eigenvalue weighted by Crippen LogP contribution is 2.35. The van der Waals surface area contributed by atoms with Crippen LogP contribution in [0.1, 0.15) is 32.1 Å². The molecule has 0 aliphatic carbocycles. The lowest BCUT2D eigenvalue weighted by Gasteiger charge is -2.25. The molecule has 0 bridgehead atoms. The summed E-state index contributed by atoms with van der Waals surface area (Å²) < 4.78 is 7.40. The van der Waals surface area contributed by atoms with Gasteiger partial charge in [0.05, 0.1) is 18.2 Å². The molecule has 0 amide bonds. The van der Waals surface area contributed by atoms with E-state index in [9.17, 15) is 0 Å². The number of tetrazole rings is 1. The first kappa shape index (κ1) is 9.54. The zero-order chi connectivity index (χ0) is 10.2. The van der Waals surface area contributed by atoms with Crippen LogP contribution in [-0.4, -0.2) is 32.4 Å². The maximum atomic E-state index is 5.62. The smallest absolute Gasteiger partial charge is 0.165 e. The molecule has 1 saturated heterocycles. The van der Waals surface area contributed by atoms with Gasteiger partial charge in [-0.05, 0) is 30.7 Å². The lowest BCUT2D eigenvalue weighted by atomic mass is 9.99. The van der Waals surface area contributed by atoms with Crippen molar-refractivity contribution in [2.45, 2.75) is 38.5 Å². The van der Waals surface area contributed by atoms with Crippen molar-refractivity contribution < 1.29 is 4.74 Å². The van der Waals surface area contributed by atoms with Crippen molar-refractivity contribution in [3.8, 4) is 0 Å². The number of hydrogen-bond acceptors (Lipinski definition) is 5. The first-order chi connectivity index (χ1) is 6.65. The molecule has 1 aromatic rings. The van der Waals surface area contributed by atoms with Crippen LogP contribution in [-0.2, 0) is 11.3 Å². The molecule has 1 aromatic heterocycles. The van der Waals surface area contributed by atoms with Gasteiger partial charge in [0.2, 0.25) is 0 Å². The van der Waals surface area contributed by atoms with E-state index in [-0.39, 0.29) is 11.6 Å². The average Bonchev–Trinajstić information content (AvgIpc) is 2.69. The number of ether oxygens (including phenoxy) is 1. The SMILES string of the molecule is CC1(C)OCCC1n1nnnc1CN. The van der Waals surface area contributed by atoms with E-state index in [0.29, 0.717) is 12.4 Å². The van der Waals surface area contributed by atoms with E-state index in [0.717, 1.165) is 13.0 Å². The topological polar surface area (TPSA) is 78.8 Å². The Kier molecular flexibility index (Phi) is 2.24.